The number of thioether (sulfide) groups is 1. The van der Waals surface area contributed by atoms with Crippen molar-refractivity contribution in [1.29, 1.82) is 0 Å². The largest absolute Gasteiger partial charge is 0.272 e. The SMILES string of the molecule is Cc1csc(CC2=NC(=O)CS2)n1. The van der Waals surface area contributed by atoms with Crippen LogP contribution in [0.5, 0.6) is 0 Å². The first kappa shape index (κ1) is 8.90. The van der Waals surface area contributed by atoms with Gasteiger partial charge in [-0.2, -0.15) is 0 Å². The van der Waals surface area contributed by atoms with Gasteiger partial charge in [-0.15, -0.1) is 23.1 Å². The third kappa shape index (κ3) is 2.16. The molecule has 0 radical (unpaired) electrons. The van der Waals surface area contributed by atoms with E-state index in [-0.39, 0.29) is 5.91 Å². The molecule has 0 aliphatic carbocycles. The summed E-state index contributed by atoms with van der Waals surface area (Å²) in [5.41, 5.74) is 1.04. The molecule has 2 rings (SSSR count). The molecule has 2 heterocycles. The Hall–Kier alpha value is -0.680. The number of amides is 1. The molecule has 0 atom stereocenters. The molecule has 68 valence electrons. The van der Waals surface area contributed by atoms with Gasteiger partial charge in [0.05, 0.1) is 15.8 Å². The van der Waals surface area contributed by atoms with Crippen LogP contribution in [0.15, 0.2) is 10.4 Å². The minimum absolute atomic E-state index is 0.0201. The van der Waals surface area contributed by atoms with Crippen LogP contribution in [0.4, 0.5) is 0 Å². The van der Waals surface area contributed by atoms with Crippen LogP contribution in [0.1, 0.15) is 10.7 Å². The summed E-state index contributed by atoms with van der Waals surface area (Å²) in [7, 11) is 0. The van der Waals surface area contributed by atoms with Crippen molar-refractivity contribution >= 4 is 34.0 Å². The average Bonchev–Trinajstić information content (AvgIpc) is 2.62. The molecule has 1 amide bonds. The van der Waals surface area contributed by atoms with Crippen LogP contribution < -0.4 is 0 Å². The Bertz CT molecular complexity index is 370. The van der Waals surface area contributed by atoms with Gasteiger partial charge >= 0.3 is 0 Å². The molecule has 0 bridgehead atoms. The number of hydrogen-bond acceptors (Lipinski definition) is 4. The molecule has 13 heavy (non-hydrogen) atoms. The summed E-state index contributed by atoms with van der Waals surface area (Å²) in [5.74, 6) is 0.480. The van der Waals surface area contributed by atoms with Crippen molar-refractivity contribution in [2.24, 2.45) is 4.99 Å². The predicted octanol–water partition coefficient (Wildman–Crippen LogP) is 1.67. The number of rotatable bonds is 2. The fraction of sp³-hybridized carbons (Fsp3) is 0.375. The van der Waals surface area contributed by atoms with Crippen molar-refractivity contribution in [3.05, 3.63) is 16.1 Å². The van der Waals surface area contributed by atoms with Gasteiger partial charge in [0.15, 0.2) is 0 Å². The van der Waals surface area contributed by atoms with E-state index in [0.29, 0.717) is 5.75 Å². The second-order valence-corrected chi connectivity index (χ2v) is 4.74. The van der Waals surface area contributed by atoms with E-state index in [0.717, 1.165) is 22.2 Å². The zero-order valence-corrected chi connectivity index (χ0v) is 8.74. The van der Waals surface area contributed by atoms with E-state index >= 15 is 0 Å². The van der Waals surface area contributed by atoms with Crippen molar-refractivity contribution in [1.82, 2.24) is 4.98 Å². The van der Waals surface area contributed by atoms with Gasteiger partial charge in [-0.1, -0.05) is 0 Å². The number of aryl methyl sites for hydroxylation is 1. The van der Waals surface area contributed by atoms with E-state index in [9.17, 15) is 4.79 Å². The minimum atomic E-state index is -0.0201. The normalized spacial score (nSPS) is 16.4. The van der Waals surface area contributed by atoms with Gasteiger partial charge in [-0.3, -0.25) is 4.79 Å². The lowest BCUT2D eigenvalue weighted by atomic mass is 10.5. The summed E-state index contributed by atoms with van der Waals surface area (Å²) in [6.45, 7) is 1.97. The summed E-state index contributed by atoms with van der Waals surface area (Å²) in [6, 6.07) is 0. The van der Waals surface area contributed by atoms with Gasteiger partial charge in [0, 0.05) is 17.5 Å². The van der Waals surface area contributed by atoms with Crippen molar-refractivity contribution < 1.29 is 4.79 Å². The number of hydrogen-bond donors (Lipinski definition) is 0. The first-order chi connectivity index (χ1) is 6.24. The predicted molar refractivity (Wildman–Crippen MR) is 55.5 cm³/mol. The highest BCUT2D eigenvalue weighted by Gasteiger charge is 2.15. The maximum atomic E-state index is 10.8. The summed E-state index contributed by atoms with van der Waals surface area (Å²) >= 11 is 3.14. The highest BCUT2D eigenvalue weighted by Crippen LogP contribution is 2.19. The molecule has 1 aliphatic rings. The Morgan fingerprint density at radius 2 is 2.46 bits per heavy atom. The Labute approximate surface area is 84.3 Å². The Morgan fingerprint density at radius 1 is 1.62 bits per heavy atom. The Morgan fingerprint density at radius 3 is 3.00 bits per heavy atom. The molecule has 3 nitrogen and oxygen atoms in total. The second kappa shape index (κ2) is 3.59. The molecule has 0 fully saturated rings. The van der Waals surface area contributed by atoms with E-state index < -0.39 is 0 Å². The standard InChI is InChI=1S/C8H8N2OS2/c1-5-3-12-7(9-5)2-8-10-6(11)4-13-8/h3H,2,4H2,1H3. The van der Waals surface area contributed by atoms with Crippen LogP contribution >= 0.6 is 23.1 Å². The van der Waals surface area contributed by atoms with Gasteiger partial charge in [0.1, 0.15) is 0 Å². The third-order valence-electron chi connectivity index (χ3n) is 1.58. The van der Waals surface area contributed by atoms with E-state index in [4.69, 9.17) is 0 Å². The quantitative estimate of drug-likeness (QED) is 0.749. The molecule has 0 aromatic carbocycles. The molecule has 1 aromatic rings. The number of aromatic nitrogens is 1. The maximum Gasteiger partial charge on any atom is 0.256 e. The molecule has 1 aliphatic heterocycles. The van der Waals surface area contributed by atoms with Crippen molar-refractivity contribution in [3.63, 3.8) is 0 Å². The second-order valence-electron chi connectivity index (χ2n) is 2.75. The van der Waals surface area contributed by atoms with Gasteiger partial charge in [-0.05, 0) is 6.92 Å². The van der Waals surface area contributed by atoms with E-state index in [2.05, 4.69) is 9.98 Å². The molecular formula is C8H8N2OS2. The molecule has 0 N–H and O–H groups in total. The van der Waals surface area contributed by atoms with Crippen molar-refractivity contribution in [3.8, 4) is 0 Å². The lowest BCUT2D eigenvalue weighted by Gasteiger charge is -1.92. The summed E-state index contributed by atoms with van der Waals surface area (Å²) in [5, 5.41) is 3.95. The average molecular weight is 212 g/mol. The zero-order chi connectivity index (χ0) is 9.26. The molecule has 0 unspecified atom stereocenters. The molecule has 0 saturated heterocycles. The van der Waals surface area contributed by atoms with Crippen LogP contribution in [0.3, 0.4) is 0 Å². The first-order valence-electron chi connectivity index (χ1n) is 3.88. The van der Waals surface area contributed by atoms with Gasteiger partial charge in [0.25, 0.3) is 5.91 Å². The summed E-state index contributed by atoms with van der Waals surface area (Å²) in [6.07, 6.45) is 0.717. The smallest absolute Gasteiger partial charge is 0.256 e. The van der Waals surface area contributed by atoms with Crippen LogP contribution in [-0.4, -0.2) is 21.7 Å². The van der Waals surface area contributed by atoms with E-state index in [1.807, 2.05) is 12.3 Å². The lowest BCUT2D eigenvalue weighted by molar-refractivity contribution is -0.115. The molecule has 5 heteroatoms. The van der Waals surface area contributed by atoms with Crippen LogP contribution in [-0.2, 0) is 11.2 Å². The highest BCUT2D eigenvalue weighted by molar-refractivity contribution is 8.15. The zero-order valence-electron chi connectivity index (χ0n) is 7.11. The minimum Gasteiger partial charge on any atom is -0.272 e. The summed E-state index contributed by atoms with van der Waals surface area (Å²) in [4.78, 5) is 19.0. The molecular weight excluding hydrogens is 204 g/mol. The van der Waals surface area contributed by atoms with Crippen LogP contribution in [0, 0.1) is 6.92 Å². The Balaban J connectivity index is 2.06. The fourth-order valence-electron chi connectivity index (χ4n) is 1.05. The summed E-state index contributed by atoms with van der Waals surface area (Å²) < 4.78 is 0. The number of carbonyl (C=O) groups excluding carboxylic acids is 1. The first-order valence-corrected chi connectivity index (χ1v) is 5.75. The van der Waals surface area contributed by atoms with Crippen LogP contribution in [0.2, 0.25) is 0 Å². The number of nitrogens with zero attached hydrogens (tertiary/aromatic N) is 2. The van der Waals surface area contributed by atoms with E-state index in [1.165, 1.54) is 11.8 Å². The monoisotopic (exact) mass is 212 g/mol. The van der Waals surface area contributed by atoms with E-state index in [1.54, 1.807) is 11.3 Å². The maximum absolute atomic E-state index is 10.8. The Kier molecular flexibility index (Phi) is 2.46. The lowest BCUT2D eigenvalue weighted by Crippen LogP contribution is -1.94. The number of carbonyl (C=O) groups is 1. The van der Waals surface area contributed by atoms with Crippen molar-refractivity contribution in [2.75, 3.05) is 5.75 Å². The van der Waals surface area contributed by atoms with Gasteiger partial charge in [0.2, 0.25) is 0 Å². The highest BCUT2D eigenvalue weighted by atomic mass is 32.2. The molecule has 1 aromatic heterocycles. The molecule has 0 spiro atoms. The number of aliphatic imine (C=N–C) groups is 1. The van der Waals surface area contributed by atoms with Crippen molar-refractivity contribution in [2.45, 2.75) is 13.3 Å². The third-order valence-corrected chi connectivity index (χ3v) is 3.51. The van der Waals surface area contributed by atoms with Crippen LogP contribution in [0.25, 0.3) is 0 Å². The van der Waals surface area contributed by atoms with Gasteiger partial charge in [-0.25, -0.2) is 9.98 Å². The topological polar surface area (TPSA) is 42.3 Å². The molecule has 0 saturated carbocycles. The number of thiazole rings is 1. The van der Waals surface area contributed by atoms with Gasteiger partial charge < -0.3 is 0 Å². The fourth-order valence-corrected chi connectivity index (χ4v) is 2.68.